The number of benzene rings is 1. The summed E-state index contributed by atoms with van der Waals surface area (Å²) in [6.07, 6.45) is 0. The molecule has 0 aliphatic heterocycles. The number of carbonyl (C=O) groups excluding carboxylic acids is 1. The van der Waals surface area contributed by atoms with E-state index in [0.29, 0.717) is 5.95 Å². The van der Waals surface area contributed by atoms with Gasteiger partial charge in [-0.25, -0.2) is 14.6 Å². The third-order valence-electron chi connectivity index (χ3n) is 2.95. The number of aromatic nitrogens is 5. The van der Waals surface area contributed by atoms with Gasteiger partial charge in [0.1, 0.15) is 12.1 Å². The van der Waals surface area contributed by atoms with Gasteiger partial charge in [0.2, 0.25) is 11.9 Å². The Kier molecular flexibility index (Phi) is 3.31. The summed E-state index contributed by atoms with van der Waals surface area (Å²) in [6.45, 7) is 3.78. The van der Waals surface area contributed by atoms with E-state index >= 15 is 0 Å². The molecule has 1 aromatic carbocycles. The molecule has 106 valence electrons. The van der Waals surface area contributed by atoms with Gasteiger partial charge < -0.3 is 0 Å². The zero-order valence-corrected chi connectivity index (χ0v) is 11.7. The lowest BCUT2D eigenvalue weighted by Crippen LogP contribution is -2.21. The molecule has 0 unspecified atom stereocenters. The third-order valence-corrected chi connectivity index (χ3v) is 2.95. The summed E-state index contributed by atoms with van der Waals surface area (Å²) in [4.78, 5) is 20.4. The molecule has 0 saturated heterocycles. The molecule has 7 heteroatoms. The van der Waals surface area contributed by atoms with Crippen molar-refractivity contribution in [1.82, 2.24) is 25.0 Å². The van der Waals surface area contributed by atoms with Gasteiger partial charge in [-0.1, -0.05) is 17.3 Å². The van der Waals surface area contributed by atoms with Crippen LogP contribution in [0.5, 0.6) is 0 Å². The zero-order chi connectivity index (χ0) is 14.8. The summed E-state index contributed by atoms with van der Waals surface area (Å²) in [6, 6.07) is 9.33. The van der Waals surface area contributed by atoms with Gasteiger partial charge in [0, 0.05) is 11.4 Å². The number of aryl methyl sites for hydroxylation is 2. The number of para-hydroxylation sites is 1. The van der Waals surface area contributed by atoms with E-state index in [1.165, 1.54) is 0 Å². The molecule has 1 N–H and O–H groups in total. The average Bonchev–Trinajstić information content (AvgIpc) is 2.81. The first-order valence-corrected chi connectivity index (χ1v) is 6.52. The van der Waals surface area contributed by atoms with Crippen LogP contribution in [-0.4, -0.2) is 30.9 Å². The quantitative estimate of drug-likeness (QED) is 0.786. The largest absolute Gasteiger partial charge is 0.293 e. The summed E-state index contributed by atoms with van der Waals surface area (Å²) in [7, 11) is 0. The number of carbonyl (C=O) groups is 1. The van der Waals surface area contributed by atoms with Crippen molar-refractivity contribution in [1.29, 1.82) is 0 Å². The maximum absolute atomic E-state index is 12.1. The van der Waals surface area contributed by atoms with E-state index in [2.05, 4.69) is 25.6 Å². The van der Waals surface area contributed by atoms with Crippen LogP contribution in [0.15, 0.2) is 30.3 Å². The monoisotopic (exact) mass is 282 g/mol. The molecule has 2 aromatic heterocycles. The maximum atomic E-state index is 12.1. The fraction of sp³-hybridized carbons (Fsp3) is 0.214. The fourth-order valence-corrected chi connectivity index (χ4v) is 2.12. The summed E-state index contributed by atoms with van der Waals surface area (Å²) >= 11 is 0. The maximum Gasteiger partial charge on any atom is 0.248 e. The van der Waals surface area contributed by atoms with Crippen LogP contribution in [0, 0.1) is 13.8 Å². The van der Waals surface area contributed by atoms with Crippen molar-refractivity contribution >= 4 is 22.9 Å². The molecule has 0 bridgehead atoms. The van der Waals surface area contributed by atoms with Gasteiger partial charge in [-0.2, -0.15) is 0 Å². The first-order chi connectivity index (χ1) is 10.1. The normalized spacial score (nSPS) is 10.8. The lowest BCUT2D eigenvalue weighted by atomic mass is 10.3. The van der Waals surface area contributed by atoms with E-state index in [0.717, 1.165) is 22.4 Å². The standard InChI is InChI=1S/C14H14N6O/c1-9-7-10(2)16-14(15-9)17-13(21)8-20-12-6-4-3-5-11(12)18-19-20/h3-7H,8H2,1-2H3,(H,15,16,17,21). The van der Waals surface area contributed by atoms with Gasteiger partial charge in [-0.15, -0.1) is 5.10 Å². The van der Waals surface area contributed by atoms with Crippen LogP contribution in [0.2, 0.25) is 0 Å². The molecule has 7 nitrogen and oxygen atoms in total. The number of anilines is 1. The summed E-state index contributed by atoms with van der Waals surface area (Å²) in [5.41, 5.74) is 3.19. The molecule has 1 amide bonds. The summed E-state index contributed by atoms with van der Waals surface area (Å²) in [5, 5.41) is 10.7. The molecule has 21 heavy (non-hydrogen) atoms. The van der Waals surface area contributed by atoms with Gasteiger partial charge in [0.25, 0.3) is 0 Å². The van der Waals surface area contributed by atoms with E-state index < -0.39 is 0 Å². The Morgan fingerprint density at radius 1 is 1.19 bits per heavy atom. The molecule has 3 rings (SSSR count). The minimum atomic E-state index is -0.240. The predicted molar refractivity (Wildman–Crippen MR) is 77.7 cm³/mol. The van der Waals surface area contributed by atoms with Crippen molar-refractivity contribution in [2.45, 2.75) is 20.4 Å². The van der Waals surface area contributed by atoms with Crippen molar-refractivity contribution in [3.05, 3.63) is 41.7 Å². The second-order valence-corrected chi connectivity index (χ2v) is 4.76. The van der Waals surface area contributed by atoms with E-state index in [-0.39, 0.29) is 12.5 Å². The number of rotatable bonds is 3. The average molecular weight is 282 g/mol. The summed E-state index contributed by atoms with van der Waals surface area (Å²) < 4.78 is 1.55. The molecule has 2 heterocycles. The number of nitrogens with zero attached hydrogens (tertiary/aromatic N) is 5. The molecular formula is C14H14N6O. The molecular weight excluding hydrogens is 268 g/mol. The van der Waals surface area contributed by atoms with Crippen LogP contribution in [0.4, 0.5) is 5.95 Å². The van der Waals surface area contributed by atoms with Crippen LogP contribution < -0.4 is 5.32 Å². The van der Waals surface area contributed by atoms with E-state index in [9.17, 15) is 4.79 Å². The molecule has 0 atom stereocenters. The van der Waals surface area contributed by atoms with Crippen LogP contribution in [0.3, 0.4) is 0 Å². The Balaban J connectivity index is 1.77. The molecule has 0 radical (unpaired) electrons. The van der Waals surface area contributed by atoms with Gasteiger partial charge in [0.15, 0.2) is 0 Å². The van der Waals surface area contributed by atoms with Crippen molar-refractivity contribution in [3.8, 4) is 0 Å². The van der Waals surface area contributed by atoms with E-state index in [1.54, 1.807) is 4.68 Å². The molecule has 0 aliphatic rings. The Morgan fingerprint density at radius 3 is 2.67 bits per heavy atom. The number of amides is 1. The van der Waals surface area contributed by atoms with Gasteiger partial charge in [-0.3, -0.25) is 10.1 Å². The highest BCUT2D eigenvalue weighted by Gasteiger charge is 2.10. The lowest BCUT2D eigenvalue weighted by molar-refractivity contribution is -0.116. The summed E-state index contributed by atoms with van der Waals surface area (Å²) in [5.74, 6) is 0.0672. The van der Waals surface area contributed by atoms with Crippen molar-refractivity contribution in [2.24, 2.45) is 0 Å². The van der Waals surface area contributed by atoms with Crippen molar-refractivity contribution in [3.63, 3.8) is 0 Å². The highest BCUT2D eigenvalue weighted by Crippen LogP contribution is 2.10. The predicted octanol–water partition coefficient (Wildman–Crippen LogP) is 1.48. The highest BCUT2D eigenvalue weighted by molar-refractivity contribution is 5.89. The molecule has 3 aromatic rings. The topological polar surface area (TPSA) is 85.6 Å². The minimum Gasteiger partial charge on any atom is -0.293 e. The first-order valence-electron chi connectivity index (χ1n) is 6.52. The molecule has 0 saturated carbocycles. The number of nitrogens with one attached hydrogen (secondary N) is 1. The van der Waals surface area contributed by atoms with Gasteiger partial charge >= 0.3 is 0 Å². The molecule has 0 fully saturated rings. The zero-order valence-electron chi connectivity index (χ0n) is 11.7. The van der Waals surface area contributed by atoms with Crippen LogP contribution in [0.1, 0.15) is 11.4 Å². The third kappa shape index (κ3) is 2.86. The Morgan fingerprint density at radius 2 is 1.90 bits per heavy atom. The smallest absolute Gasteiger partial charge is 0.248 e. The number of hydrogen-bond acceptors (Lipinski definition) is 5. The Hall–Kier alpha value is -2.83. The second-order valence-electron chi connectivity index (χ2n) is 4.76. The van der Waals surface area contributed by atoms with Gasteiger partial charge in [-0.05, 0) is 32.0 Å². The number of hydrogen-bond donors (Lipinski definition) is 1. The van der Waals surface area contributed by atoms with Crippen LogP contribution in [0.25, 0.3) is 11.0 Å². The Bertz CT molecular complexity index is 790. The lowest BCUT2D eigenvalue weighted by Gasteiger charge is -2.05. The van der Waals surface area contributed by atoms with Crippen molar-refractivity contribution < 1.29 is 4.79 Å². The van der Waals surface area contributed by atoms with Crippen LogP contribution >= 0.6 is 0 Å². The van der Waals surface area contributed by atoms with Crippen LogP contribution in [-0.2, 0) is 11.3 Å². The van der Waals surface area contributed by atoms with E-state index in [4.69, 9.17) is 0 Å². The SMILES string of the molecule is Cc1cc(C)nc(NC(=O)Cn2nnc3ccccc32)n1. The molecule has 0 aliphatic carbocycles. The second kappa shape index (κ2) is 5.28. The van der Waals surface area contributed by atoms with Crippen molar-refractivity contribution in [2.75, 3.05) is 5.32 Å². The highest BCUT2D eigenvalue weighted by atomic mass is 16.2. The minimum absolute atomic E-state index is 0.0663. The van der Waals surface area contributed by atoms with Gasteiger partial charge in [0.05, 0.1) is 5.52 Å². The molecule has 0 spiro atoms. The van der Waals surface area contributed by atoms with E-state index in [1.807, 2.05) is 44.2 Å². The Labute approximate surface area is 121 Å². The first kappa shape index (κ1) is 13.2. The number of fused-ring (bicyclic) bond motifs is 1. The fourth-order valence-electron chi connectivity index (χ4n) is 2.12.